The Morgan fingerprint density at radius 2 is 2.06 bits per heavy atom. The molecule has 16 heavy (non-hydrogen) atoms. The Hall–Kier alpha value is -0.220. The van der Waals surface area contributed by atoms with Crippen LogP contribution in [-0.2, 0) is 4.79 Å². The molecule has 94 valence electrons. The van der Waals surface area contributed by atoms with Crippen molar-refractivity contribution in [2.75, 3.05) is 31.6 Å². The summed E-state index contributed by atoms with van der Waals surface area (Å²) in [6.07, 6.45) is 4.40. The van der Waals surface area contributed by atoms with Crippen molar-refractivity contribution in [2.24, 2.45) is 5.92 Å². The van der Waals surface area contributed by atoms with E-state index in [1.807, 2.05) is 11.2 Å². The van der Waals surface area contributed by atoms with Crippen molar-refractivity contribution in [3.05, 3.63) is 0 Å². The smallest absolute Gasteiger partial charge is 0.232 e. The fraction of sp³-hybridized carbons (Fsp3) is 0.917. The summed E-state index contributed by atoms with van der Waals surface area (Å²) >= 11 is 1.61. The number of thioether (sulfide) groups is 1. The number of amides is 1. The third kappa shape index (κ3) is 4.34. The van der Waals surface area contributed by atoms with Crippen LogP contribution in [-0.4, -0.2) is 48.5 Å². The lowest BCUT2D eigenvalue weighted by atomic mass is 9.97. The minimum atomic E-state index is 0.293. The van der Waals surface area contributed by atoms with Gasteiger partial charge in [-0.2, -0.15) is 11.8 Å². The molecular weight excluding hydrogens is 220 g/mol. The van der Waals surface area contributed by atoms with Crippen LogP contribution in [0, 0.1) is 5.92 Å². The Morgan fingerprint density at radius 3 is 2.56 bits per heavy atom. The monoisotopic (exact) mass is 244 g/mol. The van der Waals surface area contributed by atoms with E-state index >= 15 is 0 Å². The highest BCUT2D eigenvalue weighted by molar-refractivity contribution is 7.99. The zero-order chi connectivity index (χ0) is 12.0. The second-order valence-electron chi connectivity index (χ2n) is 4.77. The second-order valence-corrected chi connectivity index (χ2v) is 5.63. The van der Waals surface area contributed by atoms with Gasteiger partial charge in [-0.05, 0) is 52.0 Å². The van der Waals surface area contributed by atoms with E-state index in [1.54, 1.807) is 11.8 Å². The van der Waals surface area contributed by atoms with Crippen molar-refractivity contribution >= 4 is 17.7 Å². The Kier molecular flexibility index (Phi) is 6.21. The van der Waals surface area contributed by atoms with Crippen LogP contribution in [0.3, 0.4) is 0 Å². The summed E-state index contributed by atoms with van der Waals surface area (Å²) in [5, 5.41) is 3.36. The molecule has 0 bridgehead atoms. The number of carbonyl (C=O) groups excluding carboxylic acids is 1. The van der Waals surface area contributed by atoms with Gasteiger partial charge in [-0.1, -0.05) is 0 Å². The summed E-state index contributed by atoms with van der Waals surface area (Å²) in [6.45, 7) is 7.37. The van der Waals surface area contributed by atoms with E-state index in [2.05, 4.69) is 19.2 Å². The maximum atomic E-state index is 11.9. The molecule has 0 aliphatic carbocycles. The number of nitrogens with one attached hydrogen (secondary N) is 1. The molecule has 0 saturated carbocycles. The summed E-state index contributed by atoms with van der Waals surface area (Å²) in [6, 6.07) is 0.328. The van der Waals surface area contributed by atoms with Gasteiger partial charge in [-0.15, -0.1) is 0 Å². The molecule has 0 aromatic rings. The van der Waals surface area contributed by atoms with Crippen LogP contribution in [0.5, 0.6) is 0 Å². The van der Waals surface area contributed by atoms with Crippen molar-refractivity contribution in [1.82, 2.24) is 10.2 Å². The number of hydrogen-bond acceptors (Lipinski definition) is 3. The molecule has 0 unspecified atom stereocenters. The molecular formula is C12H24N2OS. The minimum Gasteiger partial charge on any atom is -0.339 e. The molecule has 1 rings (SSSR count). The van der Waals surface area contributed by atoms with Crippen molar-refractivity contribution in [2.45, 2.75) is 32.7 Å². The maximum Gasteiger partial charge on any atom is 0.232 e. The lowest BCUT2D eigenvalue weighted by Gasteiger charge is -2.32. The van der Waals surface area contributed by atoms with Crippen LogP contribution in [0.15, 0.2) is 0 Å². The lowest BCUT2D eigenvalue weighted by Crippen LogP contribution is -2.43. The Bertz CT molecular complexity index is 215. The first-order valence-electron chi connectivity index (χ1n) is 6.14. The van der Waals surface area contributed by atoms with Crippen LogP contribution in [0.25, 0.3) is 0 Å². The van der Waals surface area contributed by atoms with E-state index in [1.165, 1.54) is 12.8 Å². The highest BCUT2D eigenvalue weighted by Crippen LogP contribution is 2.16. The van der Waals surface area contributed by atoms with Gasteiger partial charge in [0, 0.05) is 12.6 Å². The van der Waals surface area contributed by atoms with Gasteiger partial charge >= 0.3 is 0 Å². The van der Waals surface area contributed by atoms with Crippen LogP contribution in [0.4, 0.5) is 0 Å². The molecule has 1 saturated heterocycles. The van der Waals surface area contributed by atoms with E-state index in [4.69, 9.17) is 0 Å². The van der Waals surface area contributed by atoms with Crippen LogP contribution >= 0.6 is 11.8 Å². The number of hydrogen-bond donors (Lipinski definition) is 1. The molecule has 0 radical (unpaired) electrons. The predicted molar refractivity (Wildman–Crippen MR) is 70.8 cm³/mol. The van der Waals surface area contributed by atoms with Gasteiger partial charge in [-0.25, -0.2) is 0 Å². The maximum absolute atomic E-state index is 11.9. The number of nitrogens with zero attached hydrogens (tertiary/aromatic N) is 1. The average Bonchev–Trinajstić information content (AvgIpc) is 2.27. The molecule has 1 aliphatic heterocycles. The van der Waals surface area contributed by atoms with Gasteiger partial charge in [0.15, 0.2) is 0 Å². The van der Waals surface area contributed by atoms with E-state index in [-0.39, 0.29) is 0 Å². The van der Waals surface area contributed by atoms with Gasteiger partial charge in [0.05, 0.1) is 5.75 Å². The van der Waals surface area contributed by atoms with E-state index < -0.39 is 0 Å². The zero-order valence-electron chi connectivity index (χ0n) is 10.7. The summed E-state index contributed by atoms with van der Waals surface area (Å²) in [4.78, 5) is 14.0. The summed E-state index contributed by atoms with van der Waals surface area (Å²) < 4.78 is 0. The van der Waals surface area contributed by atoms with Gasteiger partial charge < -0.3 is 10.2 Å². The molecule has 0 spiro atoms. The van der Waals surface area contributed by atoms with Crippen molar-refractivity contribution < 1.29 is 4.79 Å². The Morgan fingerprint density at radius 1 is 1.44 bits per heavy atom. The van der Waals surface area contributed by atoms with Crippen molar-refractivity contribution in [1.29, 1.82) is 0 Å². The SMILES string of the molecule is CSCC(=O)N(CC1CCNCC1)C(C)C. The largest absolute Gasteiger partial charge is 0.339 e. The molecule has 1 amide bonds. The third-order valence-electron chi connectivity index (χ3n) is 3.13. The Balaban J connectivity index is 2.46. The van der Waals surface area contributed by atoms with Crippen LogP contribution < -0.4 is 5.32 Å². The van der Waals surface area contributed by atoms with Crippen molar-refractivity contribution in [3.63, 3.8) is 0 Å². The topological polar surface area (TPSA) is 32.3 Å². The minimum absolute atomic E-state index is 0.293. The second kappa shape index (κ2) is 7.17. The fourth-order valence-corrected chi connectivity index (χ4v) is 2.56. The first kappa shape index (κ1) is 13.8. The molecule has 1 heterocycles. The Labute approximate surface area is 103 Å². The quantitative estimate of drug-likeness (QED) is 0.797. The molecule has 0 aromatic carbocycles. The summed E-state index contributed by atoms with van der Waals surface area (Å²) in [5.74, 6) is 1.60. The van der Waals surface area contributed by atoms with Gasteiger partial charge in [0.25, 0.3) is 0 Å². The third-order valence-corrected chi connectivity index (χ3v) is 3.66. The molecule has 3 nitrogen and oxygen atoms in total. The number of piperidine rings is 1. The summed E-state index contributed by atoms with van der Waals surface area (Å²) in [5.41, 5.74) is 0. The number of rotatable bonds is 5. The van der Waals surface area contributed by atoms with E-state index in [0.717, 1.165) is 19.6 Å². The molecule has 4 heteroatoms. The highest BCUT2D eigenvalue weighted by Gasteiger charge is 2.22. The first-order valence-corrected chi connectivity index (χ1v) is 7.53. The lowest BCUT2D eigenvalue weighted by molar-refractivity contribution is -0.130. The summed E-state index contributed by atoms with van der Waals surface area (Å²) in [7, 11) is 0. The zero-order valence-corrected chi connectivity index (χ0v) is 11.5. The van der Waals surface area contributed by atoms with Crippen LogP contribution in [0.1, 0.15) is 26.7 Å². The highest BCUT2D eigenvalue weighted by atomic mass is 32.2. The van der Waals surface area contributed by atoms with E-state index in [9.17, 15) is 4.79 Å². The molecule has 0 atom stereocenters. The molecule has 1 N–H and O–H groups in total. The normalized spacial score (nSPS) is 17.8. The van der Waals surface area contributed by atoms with Gasteiger partial charge in [-0.3, -0.25) is 4.79 Å². The number of carbonyl (C=O) groups is 1. The fourth-order valence-electron chi connectivity index (χ4n) is 2.15. The standard InChI is InChI=1S/C12H24N2OS/c1-10(2)14(12(15)9-16-3)8-11-4-6-13-7-5-11/h10-11,13H,4-9H2,1-3H3. The predicted octanol–water partition coefficient (Wildman–Crippen LogP) is 1.59. The van der Waals surface area contributed by atoms with Gasteiger partial charge in [0.2, 0.25) is 5.91 Å². The van der Waals surface area contributed by atoms with E-state index in [0.29, 0.717) is 23.6 Å². The molecule has 1 aliphatic rings. The average molecular weight is 244 g/mol. The first-order chi connectivity index (χ1) is 7.65. The molecule has 1 fully saturated rings. The van der Waals surface area contributed by atoms with Crippen molar-refractivity contribution in [3.8, 4) is 0 Å². The van der Waals surface area contributed by atoms with Gasteiger partial charge in [0.1, 0.15) is 0 Å². The van der Waals surface area contributed by atoms with Crippen LogP contribution in [0.2, 0.25) is 0 Å². The molecule has 0 aromatic heterocycles.